The van der Waals surface area contributed by atoms with Crippen molar-refractivity contribution in [3.8, 4) is 0 Å². The second kappa shape index (κ2) is 8.44. The molecule has 0 bridgehead atoms. The Morgan fingerprint density at radius 2 is 2.00 bits per heavy atom. The summed E-state index contributed by atoms with van der Waals surface area (Å²) >= 11 is 0. The van der Waals surface area contributed by atoms with Crippen LogP contribution in [0.5, 0.6) is 0 Å². The Balaban J connectivity index is 1.84. The molecule has 0 saturated heterocycles. The Morgan fingerprint density at radius 1 is 1.29 bits per heavy atom. The monoisotopic (exact) mass is 332 g/mol. The van der Waals surface area contributed by atoms with E-state index in [1.807, 2.05) is 44.2 Å². The van der Waals surface area contributed by atoms with Crippen LogP contribution in [0.4, 0.5) is 4.79 Å². The van der Waals surface area contributed by atoms with E-state index < -0.39 is 6.10 Å². The van der Waals surface area contributed by atoms with Gasteiger partial charge in [0.2, 0.25) is 5.89 Å². The third-order valence-corrected chi connectivity index (χ3v) is 3.71. The number of hydrogen-bond acceptors (Lipinski definition) is 5. The van der Waals surface area contributed by atoms with E-state index in [0.29, 0.717) is 24.6 Å². The molecule has 24 heavy (non-hydrogen) atoms. The van der Waals surface area contributed by atoms with E-state index in [1.165, 1.54) is 0 Å². The second-order valence-corrected chi connectivity index (χ2v) is 5.81. The van der Waals surface area contributed by atoms with Crippen molar-refractivity contribution in [2.75, 3.05) is 0 Å². The Hall–Kier alpha value is -2.41. The van der Waals surface area contributed by atoms with Crippen molar-refractivity contribution in [2.45, 2.75) is 51.8 Å². The van der Waals surface area contributed by atoms with Crippen LogP contribution in [0.15, 0.2) is 34.9 Å². The van der Waals surface area contributed by atoms with Gasteiger partial charge in [-0.15, -0.1) is 0 Å². The van der Waals surface area contributed by atoms with E-state index in [-0.39, 0.29) is 18.1 Å². The quantitative estimate of drug-likeness (QED) is 0.724. The van der Waals surface area contributed by atoms with E-state index in [2.05, 4.69) is 20.8 Å². The molecule has 3 N–H and O–H groups in total. The number of aryl methyl sites for hydroxylation is 1. The fourth-order valence-electron chi connectivity index (χ4n) is 2.43. The molecule has 2 aromatic rings. The Bertz CT molecular complexity index is 644. The van der Waals surface area contributed by atoms with Gasteiger partial charge < -0.3 is 20.3 Å². The first-order valence-electron chi connectivity index (χ1n) is 8.09. The summed E-state index contributed by atoms with van der Waals surface area (Å²) in [5.74, 6) is 0.923. The van der Waals surface area contributed by atoms with Crippen LogP contribution < -0.4 is 10.6 Å². The summed E-state index contributed by atoms with van der Waals surface area (Å²) < 4.78 is 4.95. The molecule has 0 aliphatic carbocycles. The van der Waals surface area contributed by atoms with Crippen molar-refractivity contribution in [3.63, 3.8) is 0 Å². The summed E-state index contributed by atoms with van der Waals surface area (Å²) in [6.07, 6.45) is 0.450. The molecular weight excluding hydrogens is 308 g/mol. The molecule has 0 unspecified atom stereocenters. The van der Waals surface area contributed by atoms with Gasteiger partial charge in [0.25, 0.3) is 0 Å². The molecule has 0 saturated carbocycles. The van der Waals surface area contributed by atoms with E-state index in [4.69, 9.17) is 4.52 Å². The van der Waals surface area contributed by atoms with Crippen molar-refractivity contribution in [3.05, 3.63) is 47.6 Å². The van der Waals surface area contributed by atoms with Crippen molar-refractivity contribution in [1.29, 1.82) is 0 Å². The lowest BCUT2D eigenvalue weighted by atomic mass is 10.0. The molecule has 1 aromatic heterocycles. The minimum atomic E-state index is -0.622. The third-order valence-electron chi connectivity index (χ3n) is 3.71. The summed E-state index contributed by atoms with van der Waals surface area (Å²) in [7, 11) is 0. The van der Waals surface area contributed by atoms with Gasteiger partial charge >= 0.3 is 6.03 Å². The number of nitrogens with one attached hydrogen (secondary N) is 2. The zero-order valence-corrected chi connectivity index (χ0v) is 14.2. The number of hydrogen-bond donors (Lipinski definition) is 3. The lowest BCUT2D eigenvalue weighted by molar-refractivity contribution is 0.154. The lowest BCUT2D eigenvalue weighted by Crippen LogP contribution is -2.43. The normalized spacial score (nSPS) is 14.7. The molecule has 2 rings (SSSR count). The summed E-state index contributed by atoms with van der Waals surface area (Å²) in [5.41, 5.74) is 0.834. The Kier molecular flexibility index (Phi) is 6.31. The van der Waals surface area contributed by atoms with E-state index in [1.54, 1.807) is 6.92 Å². The van der Waals surface area contributed by atoms with Gasteiger partial charge in [0, 0.05) is 13.0 Å². The number of benzene rings is 1. The average molecular weight is 332 g/mol. The van der Waals surface area contributed by atoms with Crippen LogP contribution in [0.1, 0.15) is 56.1 Å². The summed E-state index contributed by atoms with van der Waals surface area (Å²) in [6.45, 7) is 5.49. The molecule has 7 nitrogen and oxygen atoms in total. The Labute approximate surface area is 141 Å². The molecule has 0 spiro atoms. The third kappa shape index (κ3) is 5.06. The second-order valence-electron chi connectivity index (χ2n) is 5.81. The van der Waals surface area contributed by atoms with Crippen LogP contribution in [0.25, 0.3) is 0 Å². The van der Waals surface area contributed by atoms with Crippen LogP contribution in [-0.4, -0.2) is 27.3 Å². The fourth-order valence-corrected chi connectivity index (χ4v) is 2.43. The zero-order chi connectivity index (χ0) is 17.5. The summed E-state index contributed by atoms with van der Waals surface area (Å²) in [5, 5.41) is 19.7. The number of carbonyl (C=O) groups excluding carboxylic acids is 1. The van der Waals surface area contributed by atoms with Crippen molar-refractivity contribution < 1.29 is 14.4 Å². The highest BCUT2D eigenvalue weighted by atomic mass is 16.5. The van der Waals surface area contributed by atoms with Gasteiger partial charge in [0.05, 0.1) is 12.1 Å². The first-order valence-corrected chi connectivity index (χ1v) is 8.09. The maximum Gasteiger partial charge on any atom is 0.315 e. The van der Waals surface area contributed by atoms with Crippen LogP contribution in [0, 0.1) is 6.92 Å². The highest BCUT2D eigenvalue weighted by Gasteiger charge is 2.20. The van der Waals surface area contributed by atoms with Crippen molar-refractivity contribution in [2.24, 2.45) is 0 Å². The highest BCUT2D eigenvalue weighted by Crippen LogP contribution is 2.18. The number of rotatable bonds is 7. The zero-order valence-electron chi connectivity index (χ0n) is 14.2. The van der Waals surface area contributed by atoms with E-state index in [9.17, 15) is 9.90 Å². The smallest absolute Gasteiger partial charge is 0.315 e. The highest BCUT2D eigenvalue weighted by molar-refractivity contribution is 5.74. The molecule has 130 valence electrons. The number of aliphatic hydroxyl groups excluding tert-OH is 1. The SMILES string of the molecule is CC[C@H](NC(=O)N[C@@H](C)C[C@H](O)c1ccccc1)c1noc(C)n1. The van der Waals surface area contributed by atoms with E-state index >= 15 is 0 Å². The number of amides is 2. The number of nitrogens with zero attached hydrogens (tertiary/aromatic N) is 2. The fraction of sp³-hybridized carbons (Fsp3) is 0.471. The molecule has 1 heterocycles. The molecule has 0 fully saturated rings. The first-order chi connectivity index (χ1) is 11.5. The molecule has 0 aliphatic heterocycles. The molecule has 0 radical (unpaired) electrons. The first kappa shape index (κ1) is 17.9. The van der Waals surface area contributed by atoms with Gasteiger partial charge in [-0.1, -0.05) is 42.4 Å². The van der Waals surface area contributed by atoms with Gasteiger partial charge in [0.1, 0.15) is 0 Å². The van der Waals surface area contributed by atoms with Crippen LogP contribution in [-0.2, 0) is 0 Å². The average Bonchev–Trinajstić information content (AvgIpc) is 2.99. The van der Waals surface area contributed by atoms with Gasteiger partial charge in [-0.05, 0) is 25.3 Å². The molecule has 1 aromatic carbocycles. The van der Waals surface area contributed by atoms with Gasteiger partial charge in [-0.25, -0.2) is 4.79 Å². The van der Waals surface area contributed by atoms with Crippen LogP contribution >= 0.6 is 0 Å². The number of aromatic nitrogens is 2. The lowest BCUT2D eigenvalue weighted by Gasteiger charge is -2.20. The summed E-state index contributed by atoms with van der Waals surface area (Å²) in [6, 6.07) is 8.56. The molecule has 7 heteroatoms. The summed E-state index contributed by atoms with van der Waals surface area (Å²) in [4.78, 5) is 16.3. The minimum Gasteiger partial charge on any atom is -0.388 e. The number of aliphatic hydroxyl groups is 1. The maximum atomic E-state index is 12.1. The molecular formula is C17H24N4O3. The van der Waals surface area contributed by atoms with Crippen molar-refractivity contribution >= 4 is 6.03 Å². The topological polar surface area (TPSA) is 100 Å². The number of carbonyl (C=O) groups is 1. The van der Waals surface area contributed by atoms with Crippen LogP contribution in [0.3, 0.4) is 0 Å². The molecule has 0 aliphatic rings. The van der Waals surface area contributed by atoms with Crippen LogP contribution in [0.2, 0.25) is 0 Å². The van der Waals surface area contributed by atoms with Gasteiger partial charge in [-0.3, -0.25) is 0 Å². The largest absolute Gasteiger partial charge is 0.388 e. The van der Waals surface area contributed by atoms with Crippen molar-refractivity contribution in [1.82, 2.24) is 20.8 Å². The minimum absolute atomic E-state index is 0.190. The number of urea groups is 1. The standard InChI is InChI=1S/C17H24N4O3/c1-4-14(16-19-12(3)24-21-16)20-17(23)18-11(2)10-15(22)13-8-6-5-7-9-13/h5-9,11,14-15,22H,4,10H2,1-3H3,(H2,18,20,23)/t11-,14-,15-/m0/s1. The maximum absolute atomic E-state index is 12.1. The van der Waals surface area contributed by atoms with E-state index in [0.717, 1.165) is 5.56 Å². The Morgan fingerprint density at radius 3 is 2.58 bits per heavy atom. The van der Waals surface area contributed by atoms with Gasteiger partial charge in [0.15, 0.2) is 5.82 Å². The van der Waals surface area contributed by atoms with Gasteiger partial charge in [-0.2, -0.15) is 4.98 Å². The molecule has 3 atom stereocenters. The predicted molar refractivity (Wildman–Crippen MR) is 89.2 cm³/mol. The molecule has 2 amide bonds. The predicted octanol–water partition coefficient (Wildman–Crippen LogP) is 2.64.